The Morgan fingerprint density at radius 2 is 2.29 bits per heavy atom. The third-order valence-corrected chi connectivity index (χ3v) is 2.26. The minimum absolute atomic E-state index is 0.0498. The third kappa shape index (κ3) is 2.38. The first-order chi connectivity index (χ1) is 6.69. The molecule has 0 saturated carbocycles. The van der Waals surface area contributed by atoms with Gasteiger partial charge in [0.25, 0.3) is 0 Å². The van der Waals surface area contributed by atoms with Crippen molar-refractivity contribution in [3.8, 4) is 11.5 Å². The highest BCUT2D eigenvalue weighted by Gasteiger charge is 2.06. The van der Waals surface area contributed by atoms with Gasteiger partial charge in [-0.3, -0.25) is 0 Å². The van der Waals surface area contributed by atoms with E-state index in [1.807, 2.05) is 6.92 Å². The molecule has 0 aromatic heterocycles. The zero-order valence-electron chi connectivity index (χ0n) is 7.57. The molecule has 1 aromatic carbocycles. The molecule has 0 radical (unpaired) electrons. The van der Waals surface area contributed by atoms with Crippen molar-refractivity contribution >= 4 is 22.1 Å². The summed E-state index contributed by atoms with van der Waals surface area (Å²) in [6.07, 6.45) is 1.26. The van der Waals surface area contributed by atoms with E-state index in [0.29, 0.717) is 22.4 Å². The Labute approximate surface area is 89.9 Å². The maximum Gasteiger partial charge on any atom is 0.161 e. The summed E-state index contributed by atoms with van der Waals surface area (Å²) in [6, 6.07) is 3.07. The van der Waals surface area contributed by atoms with Crippen molar-refractivity contribution in [1.82, 2.24) is 0 Å². The van der Waals surface area contributed by atoms with Gasteiger partial charge < -0.3 is 15.1 Å². The number of hydrogen-bond donors (Lipinski definition) is 2. The van der Waals surface area contributed by atoms with E-state index in [2.05, 4.69) is 21.1 Å². The molecule has 0 amide bonds. The number of phenols is 1. The molecule has 0 aliphatic rings. The van der Waals surface area contributed by atoms with Crippen molar-refractivity contribution in [3.05, 3.63) is 22.2 Å². The van der Waals surface area contributed by atoms with Crippen LogP contribution in [0.15, 0.2) is 21.8 Å². The van der Waals surface area contributed by atoms with Crippen LogP contribution in [-0.2, 0) is 0 Å². The summed E-state index contributed by atoms with van der Waals surface area (Å²) < 4.78 is 5.80. The third-order valence-electron chi connectivity index (χ3n) is 1.57. The molecule has 4 nitrogen and oxygen atoms in total. The number of ether oxygens (including phenoxy) is 1. The number of halogens is 1. The predicted molar refractivity (Wildman–Crippen MR) is 56.4 cm³/mol. The number of benzene rings is 1. The highest BCUT2D eigenvalue weighted by molar-refractivity contribution is 9.10. The lowest BCUT2D eigenvalue weighted by atomic mass is 10.2. The van der Waals surface area contributed by atoms with E-state index < -0.39 is 0 Å². The molecule has 76 valence electrons. The van der Waals surface area contributed by atoms with Crippen LogP contribution in [0.4, 0.5) is 0 Å². The maximum atomic E-state index is 9.45. The second-order valence-electron chi connectivity index (χ2n) is 2.52. The molecule has 0 aliphatic carbocycles. The van der Waals surface area contributed by atoms with Crippen LogP contribution in [0.5, 0.6) is 11.5 Å². The minimum atomic E-state index is 0.0498. The number of nitrogens with zero attached hydrogens (tertiary/aromatic N) is 1. The van der Waals surface area contributed by atoms with Gasteiger partial charge in [-0.25, -0.2) is 0 Å². The number of rotatable bonds is 3. The van der Waals surface area contributed by atoms with Gasteiger partial charge >= 0.3 is 0 Å². The largest absolute Gasteiger partial charge is 0.504 e. The van der Waals surface area contributed by atoms with E-state index in [-0.39, 0.29) is 5.75 Å². The van der Waals surface area contributed by atoms with Gasteiger partial charge in [-0.05, 0) is 35.0 Å². The van der Waals surface area contributed by atoms with Crippen molar-refractivity contribution in [3.63, 3.8) is 0 Å². The standard InChI is InChI=1S/C9H10BrNO3/c1-2-14-9-3-6(5-11-13)7(10)4-8(9)12/h3-5,12-13H,2H2,1H3. The summed E-state index contributed by atoms with van der Waals surface area (Å²) in [5.41, 5.74) is 0.633. The van der Waals surface area contributed by atoms with Crippen LogP contribution in [-0.4, -0.2) is 23.1 Å². The Morgan fingerprint density at radius 3 is 2.86 bits per heavy atom. The van der Waals surface area contributed by atoms with E-state index in [0.717, 1.165) is 0 Å². The molecular weight excluding hydrogens is 250 g/mol. The molecule has 0 bridgehead atoms. The Bertz CT molecular complexity index is 352. The van der Waals surface area contributed by atoms with Gasteiger partial charge in [-0.2, -0.15) is 0 Å². The number of oxime groups is 1. The fourth-order valence-corrected chi connectivity index (χ4v) is 1.42. The summed E-state index contributed by atoms with van der Waals surface area (Å²) >= 11 is 3.22. The van der Waals surface area contributed by atoms with Crippen molar-refractivity contribution in [2.45, 2.75) is 6.92 Å². The van der Waals surface area contributed by atoms with Crippen LogP contribution in [0.25, 0.3) is 0 Å². The zero-order valence-corrected chi connectivity index (χ0v) is 9.15. The molecule has 0 unspecified atom stereocenters. The summed E-state index contributed by atoms with van der Waals surface area (Å²) in [6.45, 7) is 2.28. The fourth-order valence-electron chi connectivity index (χ4n) is 0.991. The highest BCUT2D eigenvalue weighted by Crippen LogP contribution is 2.31. The van der Waals surface area contributed by atoms with Gasteiger partial charge in [0.15, 0.2) is 11.5 Å². The SMILES string of the molecule is CCOc1cc(C=NO)c(Br)cc1O. The van der Waals surface area contributed by atoms with Crippen LogP contribution in [0.3, 0.4) is 0 Å². The van der Waals surface area contributed by atoms with Crippen molar-refractivity contribution in [1.29, 1.82) is 0 Å². The second kappa shape index (κ2) is 4.85. The van der Waals surface area contributed by atoms with Crippen molar-refractivity contribution in [2.24, 2.45) is 5.16 Å². The van der Waals surface area contributed by atoms with Crippen LogP contribution >= 0.6 is 15.9 Å². The quantitative estimate of drug-likeness (QED) is 0.498. The van der Waals surface area contributed by atoms with E-state index in [1.165, 1.54) is 12.3 Å². The summed E-state index contributed by atoms with van der Waals surface area (Å²) in [5.74, 6) is 0.416. The van der Waals surface area contributed by atoms with Gasteiger partial charge in [-0.15, -0.1) is 0 Å². The van der Waals surface area contributed by atoms with Gasteiger partial charge in [0.05, 0.1) is 12.8 Å². The topological polar surface area (TPSA) is 62.0 Å². The van der Waals surface area contributed by atoms with Gasteiger partial charge in [0.1, 0.15) is 0 Å². The Morgan fingerprint density at radius 1 is 1.57 bits per heavy atom. The lowest BCUT2D eigenvalue weighted by molar-refractivity contribution is 0.317. The zero-order chi connectivity index (χ0) is 10.6. The Hall–Kier alpha value is -1.23. The molecule has 2 N–H and O–H groups in total. The molecule has 1 rings (SSSR count). The molecule has 0 aliphatic heterocycles. The highest BCUT2D eigenvalue weighted by atomic mass is 79.9. The average Bonchev–Trinajstić information content (AvgIpc) is 2.14. The summed E-state index contributed by atoms with van der Waals surface area (Å²) in [7, 11) is 0. The lowest BCUT2D eigenvalue weighted by Gasteiger charge is -2.07. The maximum absolute atomic E-state index is 9.45. The molecule has 0 heterocycles. The molecule has 0 spiro atoms. The van der Waals surface area contributed by atoms with Crippen molar-refractivity contribution < 1.29 is 15.1 Å². The molecule has 0 atom stereocenters. The van der Waals surface area contributed by atoms with Crippen LogP contribution in [0, 0.1) is 0 Å². The summed E-state index contributed by atoms with van der Waals surface area (Å²) in [5, 5.41) is 20.7. The number of aromatic hydroxyl groups is 1. The minimum Gasteiger partial charge on any atom is -0.504 e. The van der Waals surface area contributed by atoms with Crippen molar-refractivity contribution in [2.75, 3.05) is 6.61 Å². The molecular formula is C9H10BrNO3. The lowest BCUT2D eigenvalue weighted by Crippen LogP contribution is -1.94. The molecule has 1 aromatic rings. The first-order valence-electron chi connectivity index (χ1n) is 4.01. The molecule has 14 heavy (non-hydrogen) atoms. The van der Waals surface area contributed by atoms with Gasteiger partial charge in [0, 0.05) is 10.0 Å². The van der Waals surface area contributed by atoms with E-state index in [9.17, 15) is 5.11 Å². The van der Waals surface area contributed by atoms with Gasteiger partial charge in [0.2, 0.25) is 0 Å². The smallest absolute Gasteiger partial charge is 0.161 e. The molecule has 5 heteroatoms. The van der Waals surface area contributed by atoms with E-state index >= 15 is 0 Å². The Kier molecular flexibility index (Phi) is 3.76. The second-order valence-corrected chi connectivity index (χ2v) is 3.37. The number of hydrogen-bond acceptors (Lipinski definition) is 4. The first-order valence-corrected chi connectivity index (χ1v) is 4.81. The molecule has 0 saturated heterocycles. The van der Waals surface area contributed by atoms with Gasteiger partial charge in [-0.1, -0.05) is 5.16 Å². The normalized spacial score (nSPS) is 10.7. The van der Waals surface area contributed by atoms with E-state index in [1.54, 1.807) is 6.07 Å². The summed E-state index contributed by atoms with van der Waals surface area (Å²) in [4.78, 5) is 0. The number of phenolic OH excluding ortho intramolecular Hbond substituents is 1. The first kappa shape index (κ1) is 10.8. The van der Waals surface area contributed by atoms with Crippen LogP contribution in [0.2, 0.25) is 0 Å². The molecule has 0 fully saturated rings. The predicted octanol–water partition coefficient (Wildman–Crippen LogP) is 2.36. The monoisotopic (exact) mass is 259 g/mol. The average molecular weight is 260 g/mol. The van der Waals surface area contributed by atoms with Crippen LogP contribution in [0.1, 0.15) is 12.5 Å². The fraction of sp³-hybridized carbons (Fsp3) is 0.222. The Balaban J connectivity index is 3.13. The van der Waals surface area contributed by atoms with Crippen LogP contribution < -0.4 is 4.74 Å². The van der Waals surface area contributed by atoms with E-state index in [4.69, 9.17) is 9.94 Å².